The van der Waals surface area contributed by atoms with E-state index in [2.05, 4.69) is 35.7 Å². The minimum atomic E-state index is 0.0961. The first-order chi connectivity index (χ1) is 10.6. The van der Waals surface area contributed by atoms with Gasteiger partial charge in [-0.1, -0.05) is 42.5 Å². The number of ether oxygens (including phenoxy) is 1. The summed E-state index contributed by atoms with van der Waals surface area (Å²) in [6.45, 7) is 7.59. The molecule has 114 valence electrons. The van der Waals surface area contributed by atoms with Crippen LogP contribution in [0.3, 0.4) is 0 Å². The van der Waals surface area contributed by atoms with Gasteiger partial charge in [0.15, 0.2) is 0 Å². The summed E-state index contributed by atoms with van der Waals surface area (Å²) in [5.74, 6) is 1.09. The highest BCUT2D eigenvalue weighted by molar-refractivity contribution is 5.63. The van der Waals surface area contributed by atoms with E-state index >= 15 is 0 Å². The van der Waals surface area contributed by atoms with Gasteiger partial charge in [0.25, 0.3) is 0 Å². The predicted molar refractivity (Wildman–Crippen MR) is 89.7 cm³/mol. The number of nitrogens with zero attached hydrogens (tertiary/aromatic N) is 1. The molecule has 0 saturated heterocycles. The van der Waals surface area contributed by atoms with Gasteiger partial charge >= 0.3 is 0 Å². The average molecular weight is 295 g/mol. The molecule has 0 spiro atoms. The molecule has 1 heterocycles. The van der Waals surface area contributed by atoms with E-state index in [9.17, 15) is 5.11 Å². The van der Waals surface area contributed by atoms with Crippen LogP contribution in [0, 0.1) is 0 Å². The number of hydrogen-bond donors (Lipinski definition) is 1. The molecule has 0 bridgehead atoms. The number of fused-ring (bicyclic) bond motifs is 1. The van der Waals surface area contributed by atoms with Crippen LogP contribution in [0.25, 0.3) is 0 Å². The number of rotatable bonds is 4. The quantitative estimate of drug-likeness (QED) is 0.871. The highest BCUT2D eigenvalue weighted by atomic mass is 16.5. The second-order valence-electron chi connectivity index (χ2n) is 5.92. The molecular weight excluding hydrogens is 274 g/mol. The molecule has 3 heteroatoms. The Kier molecular flexibility index (Phi) is 4.05. The Hall–Kier alpha value is -2.42. The van der Waals surface area contributed by atoms with E-state index in [1.165, 1.54) is 5.56 Å². The number of benzene rings is 2. The zero-order valence-electron chi connectivity index (χ0n) is 12.8. The van der Waals surface area contributed by atoms with Gasteiger partial charge in [-0.2, -0.15) is 0 Å². The lowest BCUT2D eigenvalue weighted by Gasteiger charge is -2.36. The largest absolute Gasteiger partial charge is 0.508 e. The van der Waals surface area contributed by atoms with Crippen LogP contribution in [0.15, 0.2) is 60.7 Å². The molecule has 22 heavy (non-hydrogen) atoms. The molecule has 1 aliphatic heterocycles. The lowest BCUT2D eigenvalue weighted by Crippen LogP contribution is -2.41. The molecule has 0 radical (unpaired) electrons. The molecule has 1 atom stereocenters. The minimum absolute atomic E-state index is 0.0961. The number of hydrogen-bond acceptors (Lipinski definition) is 3. The molecule has 0 fully saturated rings. The highest BCUT2D eigenvalue weighted by Crippen LogP contribution is 2.37. The molecule has 2 aromatic rings. The molecule has 1 aliphatic rings. The SMILES string of the molecule is C=C(C)CN1CC(Cc2ccccc2)Oc2ccc(O)cc21. The van der Waals surface area contributed by atoms with E-state index in [0.29, 0.717) is 0 Å². The van der Waals surface area contributed by atoms with E-state index in [4.69, 9.17) is 4.74 Å². The third-order valence-electron chi connectivity index (χ3n) is 3.77. The van der Waals surface area contributed by atoms with Gasteiger partial charge in [0.05, 0.1) is 12.2 Å². The van der Waals surface area contributed by atoms with Gasteiger partial charge in [0, 0.05) is 19.0 Å². The number of phenols is 1. The maximum atomic E-state index is 9.74. The van der Waals surface area contributed by atoms with Crippen LogP contribution >= 0.6 is 0 Å². The number of anilines is 1. The molecule has 1 N–H and O–H groups in total. The summed E-state index contributed by atoms with van der Waals surface area (Å²) in [6, 6.07) is 15.6. The maximum absolute atomic E-state index is 9.74. The highest BCUT2D eigenvalue weighted by Gasteiger charge is 2.26. The van der Waals surface area contributed by atoms with Gasteiger partial charge in [-0.15, -0.1) is 0 Å². The van der Waals surface area contributed by atoms with Crippen molar-refractivity contribution in [1.82, 2.24) is 0 Å². The third kappa shape index (κ3) is 3.25. The third-order valence-corrected chi connectivity index (χ3v) is 3.77. The minimum Gasteiger partial charge on any atom is -0.508 e. The maximum Gasteiger partial charge on any atom is 0.143 e. The van der Waals surface area contributed by atoms with Crippen LogP contribution in [0.1, 0.15) is 12.5 Å². The van der Waals surface area contributed by atoms with Crippen LogP contribution in [-0.2, 0) is 6.42 Å². The van der Waals surface area contributed by atoms with Crippen molar-refractivity contribution in [3.63, 3.8) is 0 Å². The summed E-state index contributed by atoms with van der Waals surface area (Å²) in [4.78, 5) is 2.23. The average Bonchev–Trinajstić information content (AvgIpc) is 2.48. The molecule has 2 aromatic carbocycles. The van der Waals surface area contributed by atoms with Crippen molar-refractivity contribution in [3.8, 4) is 11.5 Å². The van der Waals surface area contributed by atoms with Crippen molar-refractivity contribution in [3.05, 3.63) is 66.2 Å². The first-order valence-corrected chi connectivity index (χ1v) is 7.55. The molecule has 3 rings (SSSR count). The molecule has 0 aromatic heterocycles. The van der Waals surface area contributed by atoms with Gasteiger partial charge in [-0.25, -0.2) is 0 Å². The summed E-state index contributed by atoms with van der Waals surface area (Å²) in [7, 11) is 0. The van der Waals surface area contributed by atoms with Gasteiger partial charge < -0.3 is 14.7 Å². The Bertz CT molecular complexity index is 666. The summed E-state index contributed by atoms with van der Waals surface area (Å²) in [6.07, 6.45) is 0.965. The van der Waals surface area contributed by atoms with Gasteiger partial charge in [0.2, 0.25) is 0 Å². The monoisotopic (exact) mass is 295 g/mol. The molecule has 0 aliphatic carbocycles. The van der Waals surface area contributed by atoms with Crippen LogP contribution in [-0.4, -0.2) is 24.3 Å². The second kappa shape index (κ2) is 6.14. The first kappa shape index (κ1) is 14.5. The van der Waals surface area contributed by atoms with Crippen LogP contribution in [0.2, 0.25) is 0 Å². The Balaban J connectivity index is 1.84. The fourth-order valence-corrected chi connectivity index (χ4v) is 2.87. The van der Waals surface area contributed by atoms with Gasteiger partial charge in [-0.05, 0) is 24.6 Å². The van der Waals surface area contributed by atoms with E-state index in [1.807, 2.05) is 19.1 Å². The number of aromatic hydroxyl groups is 1. The molecule has 0 saturated carbocycles. The molecule has 1 unspecified atom stereocenters. The van der Waals surface area contributed by atoms with Crippen molar-refractivity contribution in [2.24, 2.45) is 0 Å². The van der Waals surface area contributed by atoms with Crippen LogP contribution in [0.4, 0.5) is 5.69 Å². The van der Waals surface area contributed by atoms with Crippen molar-refractivity contribution in [2.75, 3.05) is 18.0 Å². The molecule has 0 amide bonds. The summed E-state index contributed by atoms with van der Waals surface area (Å²) in [5.41, 5.74) is 3.30. The fourth-order valence-electron chi connectivity index (χ4n) is 2.87. The normalized spacial score (nSPS) is 16.8. The standard InChI is InChI=1S/C19H21NO2/c1-14(2)12-20-13-17(10-15-6-4-3-5-7-15)22-19-9-8-16(21)11-18(19)20/h3-9,11,17,21H,1,10,12-13H2,2H3. The smallest absolute Gasteiger partial charge is 0.143 e. The van der Waals surface area contributed by atoms with Crippen LogP contribution < -0.4 is 9.64 Å². The molecular formula is C19H21NO2. The lowest BCUT2D eigenvalue weighted by molar-refractivity contribution is 0.194. The molecule has 3 nitrogen and oxygen atoms in total. The fraction of sp³-hybridized carbons (Fsp3) is 0.263. The van der Waals surface area contributed by atoms with Crippen molar-refractivity contribution < 1.29 is 9.84 Å². The van der Waals surface area contributed by atoms with Gasteiger partial charge in [0.1, 0.15) is 17.6 Å². The van der Waals surface area contributed by atoms with Crippen molar-refractivity contribution in [2.45, 2.75) is 19.4 Å². The second-order valence-corrected chi connectivity index (χ2v) is 5.92. The summed E-state index contributed by atoms with van der Waals surface area (Å²) in [5, 5.41) is 9.74. The summed E-state index contributed by atoms with van der Waals surface area (Å²) < 4.78 is 6.12. The van der Waals surface area contributed by atoms with Crippen molar-refractivity contribution >= 4 is 5.69 Å². The Morgan fingerprint density at radius 2 is 2.05 bits per heavy atom. The summed E-state index contributed by atoms with van der Waals surface area (Å²) >= 11 is 0. The van der Waals surface area contributed by atoms with Gasteiger partial charge in [-0.3, -0.25) is 0 Å². The van der Waals surface area contributed by atoms with E-state index in [0.717, 1.165) is 36.5 Å². The Morgan fingerprint density at radius 1 is 1.27 bits per heavy atom. The Labute approximate surface area is 131 Å². The van der Waals surface area contributed by atoms with E-state index in [1.54, 1.807) is 12.1 Å². The predicted octanol–water partition coefficient (Wildman–Crippen LogP) is 3.78. The Morgan fingerprint density at radius 3 is 2.77 bits per heavy atom. The van der Waals surface area contributed by atoms with Crippen LogP contribution in [0.5, 0.6) is 11.5 Å². The zero-order valence-corrected chi connectivity index (χ0v) is 12.8. The van der Waals surface area contributed by atoms with E-state index in [-0.39, 0.29) is 11.9 Å². The lowest BCUT2D eigenvalue weighted by atomic mass is 10.0. The first-order valence-electron chi connectivity index (χ1n) is 7.55. The number of phenolic OH excluding ortho intramolecular Hbond substituents is 1. The van der Waals surface area contributed by atoms with Crippen molar-refractivity contribution in [1.29, 1.82) is 0 Å². The van der Waals surface area contributed by atoms with E-state index < -0.39 is 0 Å². The topological polar surface area (TPSA) is 32.7 Å². The zero-order chi connectivity index (χ0) is 15.5.